The average Bonchev–Trinajstić information content (AvgIpc) is 2.70. The number of H-pyrrole nitrogens is 1. The molecule has 1 fully saturated rings. The van der Waals surface area contributed by atoms with Gasteiger partial charge in [0.15, 0.2) is 0 Å². The molecular formula is C18H25NO. The summed E-state index contributed by atoms with van der Waals surface area (Å²) in [5.74, 6) is 0. The maximum Gasteiger partial charge on any atom is 0.0907 e. The number of hydrogen-bond donors (Lipinski definition) is 2. The highest BCUT2D eigenvalue weighted by Gasteiger charge is 2.47. The molecule has 0 spiro atoms. The van der Waals surface area contributed by atoms with Gasteiger partial charge < -0.3 is 10.1 Å². The smallest absolute Gasteiger partial charge is 0.0907 e. The molecule has 2 N–H and O–H groups in total. The fourth-order valence-corrected chi connectivity index (χ4v) is 4.61. The lowest BCUT2D eigenvalue weighted by molar-refractivity contribution is -0.0912. The van der Waals surface area contributed by atoms with Crippen molar-refractivity contribution in [3.63, 3.8) is 0 Å². The van der Waals surface area contributed by atoms with E-state index in [1.807, 2.05) is 6.20 Å². The van der Waals surface area contributed by atoms with Crippen molar-refractivity contribution >= 4 is 10.9 Å². The molecule has 1 heterocycles. The Morgan fingerprint density at radius 1 is 0.950 bits per heavy atom. The molecular weight excluding hydrogens is 246 g/mol. The van der Waals surface area contributed by atoms with Crippen LogP contribution in [0.25, 0.3) is 10.9 Å². The molecule has 2 heteroatoms. The van der Waals surface area contributed by atoms with Gasteiger partial charge >= 0.3 is 0 Å². The molecule has 1 saturated carbocycles. The van der Waals surface area contributed by atoms with Gasteiger partial charge in [-0.2, -0.15) is 0 Å². The Labute approximate surface area is 121 Å². The van der Waals surface area contributed by atoms with Gasteiger partial charge in [-0.1, -0.05) is 33.8 Å². The Balaban J connectivity index is 2.05. The predicted octanol–water partition coefficient (Wildman–Crippen LogP) is 4.59. The maximum absolute atomic E-state index is 11.3. The van der Waals surface area contributed by atoms with Crippen molar-refractivity contribution in [2.75, 3.05) is 0 Å². The summed E-state index contributed by atoms with van der Waals surface area (Å²) >= 11 is 0. The van der Waals surface area contributed by atoms with Crippen LogP contribution in [-0.4, -0.2) is 10.1 Å². The third-order valence-electron chi connectivity index (χ3n) is 4.59. The quantitative estimate of drug-likeness (QED) is 0.781. The monoisotopic (exact) mass is 271 g/mol. The topological polar surface area (TPSA) is 36.0 Å². The molecule has 0 bridgehead atoms. The standard InChI is InChI=1S/C18H25NO/c1-16(2)10-17(3,4)12-18(20,11-16)14-5-6-15-13(9-14)7-8-19-15/h5-9,19-20H,10-12H2,1-4H3. The van der Waals surface area contributed by atoms with Crippen molar-refractivity contribution in [3.8, 4) is 0 Å². The van der Waals surface area contributed by atoms with Gasteiger partial charge in [0.25, 0.3) is 0 Å². The van der Waals surface area contributed by atoms with Crippen molar-refractivity contribution in [2.45, 2.75) is 52.6 Å². The molecule has 0 aliphatic heterocycles. The van der Waals surface area contributed by atoms with Gasteiger partial charge in [0.2, 0.25) is 0 Å². The molecule has 0 unspecified atom stereocenters. The van der Waals surface area contributed by atoms with E-state index in [1.54, 1.807) is 0 Å². The van der Waals surface area contributed by atoms with E-state index in [1.165, 1.54) is 5.39 Å². The number of hydrogen-bond acceptors (Lipinski definition) is 1. The molecule has 2 aromatic rings. The largest absolute Gasteiger partial charge is 0.385 e. The summed E-state index contributed by atoms with van der Waals surface area (Å²) < 4.78 is 0. The molecule has 1 aromatic carbocycles. The molecule has 0 amide bonds. The first-order chi connectivity index (χ1) is 9.19. The molecule has 2 nitrogen and oxygen atoms in total. The number of nitrogens with one attached hydrogen (secondary N) is 1. The Morgan fingerprint density at radius 2 is 1.60 bits per heavy atom. The highest BCUT2D eigenvalue weighted by atomic mass is 16.3. The summed E-state index contributed by atoms with van der Waals surface area (Å²) in [6.45, 7) is 9.09. The number of aromatic amines is 1. The van der Waals surface area contributed by atoms with Gasteiger partial charge in [-0.3, -0.25) is 0 Å². The molecule has 0 radical (unpaired) electrons. The lowest BCUT2D eigenvalue weighted by atomic mass is 9.58. The second-order valence-corrected chi connectivity index (χ2v) is 8.17. The van der Waals surface area contributed by atoms with Gasteiger partial charge in [-0.15, -0.1) is 0 Å². The third kappa shape index (κ3) is 2.37. The van der Waals surface area contributed by atoms with E-state index >= 15 is 0 Å². The van der Waals surface area contributed by atoms with Crippen LogP contribution >= 0.6 is 0 Å². The first-order valence-corrected chi connectivity index (χ1v) is 7.49. The predicted molar refractivity (Wildman–Crippen MR) is 83.6 cm³/mol. The van der Waals surface area contributed by atoms with Crippen molar-refractivity contribution in [2.24, 2.45) is 10.8 Å². The van der Waals surface area contributed by atoms with Crippen LogP contribution in [0.5, 0.6) is 0 Å². The van der Waals surface area contributed by atoms with Gasteiger partial charge in [0.1, 0.15) is 0 Å². The zero-order chi connectivity index (χ0) is 14.6. The van der Waals surface area contributed by atoms with Gasteiger partial charge in [0.05, 0.1) is 5.60 Å². The lowest BCUT2D eigenvalue weighted by Crippen LogP contribution is -2.44. The minimum Gasteiger partial charge on any atom is -0.385 e. The zero-order valence-corrected chi connectivity index (χ0v) is 13.0. The summed E-state index contributed by atoms with van der Waals surface area (Å²) in [6, 6.07) is 8.37. The third-order valence-corrected chi connectivity index (χ3v) is 4.59. The molecule has 3 rings (SSSR count). The molecule has 20 heavy (non-hydrogen) atoms. The highest BCUT2D eigenvalue weighted by molar-refractivity contribution is 5.80. The second kappa shape index (κ2) is 4.11. The average molecular weight is 271 g/mol. The van der Waals surface area contributed by atoms with E-state index < -0.39 is 5.60 Å². The van der Waals surface area contributed by atoms with Crippen LogP contribution < -0.4 is 0 Å². The summed E-state index contributed by atoms with van der Waals surface area (Å²) in [4.78, 5) is 3.21. The van der Waals surface area contributed by atoms with Gasteiger partial charge in [-0.05, 0) is 59.2 Å². The van der Waals surface area contributed by atoms with E-state index in [0.29, 0.717) is 0 Å². The number of aliphatic hydroxyl groups is 1. The summed E-state index contributed by atoms with van der Waals surface area (Å²) in [7, 11) is 0. The SMILES string of the molecule is CC1(C)CC(C)(C)CC(O)(c2ccc3[nH]ccc3c2)C1. The zero-order valence-electron chi connectivity index (χ0n) is 13.0. The summed E-state index contributed by atoms with van der Waals surface area (Å²) in [6.07, 6.45) is 4.78. The minimum atomic E-state index is -0.712. The first kappa shape index (κ1) is 13.7. The Morgan fingerprint density at radius 3 is 2.25 bits per heavy atom. The van der Waals surface area contributed by atoms with E-state index in [0.717, 1.165) is 30.3 Å². The van der Waals surface area contributed by atoms with Crippen LogP contribution in [-0.2, 0) is 5.60 Å². The van der Waals surface area contributed by atoms with Crippen molar-refractivity contribution < 1.29 is 5.11 Å². The van der Waals surface area contributed by atoms with E-state index in [9.17, 15) is 5.11 Å². The normalized spacial score (nSPS) is 23.9. The molecule has 1 aliphatic carbocycles. The molecule has 0 saturated heterocycles. The van der Waals surface area contributed by atoms with E-state index in [4.69, 9.17) is 0 Å². The fourth-order valence-electron chi connectivity index (χ4n) is 4.61. The van der Waals surface area contributed by atoms with Crippen LogP contribution in [0, 0.1) is 10.8 Å². The maximum atomic E-state index is 11.3. The van der Waals surface area contributed by atoms with Crippen LogP contribution in [0.15, 0.2) is 30.5 Å². The Hall–Kier alpha value is -1.28. The molecule has 108 valence electrons. The number of aromatic nitrogens is 1. The van der Waals surface area contributed by atoms with Crippen molar-refractivity contribution in [3.05, 3.63) is 36.0 Å². The van der Waals surface area contributed by atoms with Crippen LogP contribution in [0.4, 0.5) is 0 Å². The molecule has 1 aliphatic rings. The summed E-state index contributed by atoms with van der Waals surface area (Å²) in [5, 5.41) is 12.5. The lowest BCUT2D eigenvalue weighted by Gasteiger charge is -2.49. The van der Waals surface area contributed by atoms with Crippen molar-refractivity contribution in [1.82, 2.24) is 4.98 Å². The molecule has 1 aromatic heterocycles. The van der Waals surface area contributed by atoms with E-state index in [2.05, 4.69) is 56.9 Å². The number of rotatable bonds is 1. The second-order valence-electron chi connectivity index (χ2n) is 8.17. The van der Waals surface area contributed by atoms with E-state index in [-0.39, 0.29) is 10.8 Å². The Bertz CT molecular complexity index is 620. The van der Waals surface area contributed by atoms with Crippen LogP contribution in [0.3, 0.4) is 0 Å². The fraction of sp³-hybridized carbons (Fsp3) is 0.556. The Kier molecular flexibility index (Phi) is 2.81. The number of fused-ring (bicyclic) bond motifs is 1. The molecule has 0 atom stereocenters. The first-order valence-electron chi connectivity index (χ1n) is 7.49. The summed E-state index contributed by atoms with van der Waals surface area (Å²) in [5.41, 5.74) is 1.82. The minimum absolute atomic E-state index is 0.170. The number of benzene rings is 1. The van der Waals surface area contributed by atoms with Crippen LogP contribution in [0.2, 0.25) is 0 Å². The highest BCUT2D eigenvalue weighted by Crippen LogP contribution is 2.53. The van der Waals surface area contributed by atoms with Gasteiger partial charge in [-0.25, -0.2) is 0 Å². The van der Waals surface area contributed by atoms with Crippen LogP contribution in [0.1, 0.15) is 52.5 Å². The van der Waals surface area contributed by atoms with Gasteiger partial charge in [0, 0.05) is 11.7 Å². The van der Waals surface area contributed by atoms with Crippen molar-refractivity contribution in [1.29, 1.82) is 0 Å².